The normalized spacial score (nSPS) is 10.4. The smallest absolute Gasteiger partial charge is 0.170 e. The number of nitrogens with zero attached hydrogens (tertiary/aromatic N) is 1. The van der Waals surface area contributed by atoms with Crippen LogP contribution in [0, 0.1) is 0 Å². The van der Waals surface area contributed by atoms with Crippen LogP contribution in [0.2, 0.25) is 5.02 Å². The SMILES string of the molecule is Nc1nocc1Cc1ccccc1Cl. The van der Waals surface area contributed by atoms with Gasteiger partial charge in [-0.25, -0.2) is 0 Å². The molecule has 2 aromatic rings. The summed E-state index contributed by atoms with van der Waals surface area (Å²) < 4.78 is 4.74. The number of rotatable bonds is 2. The van der Waals surface area contributed by atoms with Crippen molar-refractivity contribution < 1.29 is 4.52 Å². The van der Waals surface area contributed by atoms with Crippen LogP contribution in [0.5, 0.6) is 0 Å². The van der Waals surface area contributed by atoms with Crippen LogP contribution in [0.4, 0.5) is 5.82 Å². The van der Waals surface area contributed by atoms with Gasteiger partial charge in [-0.05, 0) is 11.6 Å². The summed E-state index contributed by atoms with van der Waals surface area (Å²) >= 11 is 6.00. The second-order valence-corrected chi connectivity index (χ2v) is 3.40. The highest BCUT2D eigenvalue weighted by atomic mass is 35.5. The number of hydrogen-bond donors (Lipinski definition) is 1. The first kappa shape index (κ1) is 9.09. The summed E-state index contributed by atoms with van der Waals surface area (Å²) in [5.41, 5.74) is 7.47. The zero-order valence-corrected chi connectivity index (χ0v) is 8.16. The fourth-order valence-electron chi connectivity index (χ4n) is 1.24. The van der Waals surface area contributed by atoms with Crippen LogP contribution in [-0.2, 0) is 6.42 Å². The van der Waals surface area contributed by atoms with Gasteiger partial charge in [0.15, 0.2) is 5.82 Å². The van der Waals surface area contributed by atoms with E-state index in [2.05, 4.69) is 5.16 Å². The first-order valence-corrected chi connectivity index (χ1v) is 4.57. The fraction of sp³-hybridized carbons (Fsp3) is 0.100. The number of anilines is 1. The first-order chi connectivity index (χ1) is 6.77. The molecule has 1 aromatic heterocycles. The maximum Gasteiger partial charge on any atom is 0.170 e. The maximum absolute atomic E-state index is 6.00. The van der Waals surface area contributed by atoms with E-state index in [4.69, 9.17) is 21.9 Å². The molecule has 0 bridgehead atoms. The van der Waals surface area contributed by atoms with E-state index in [-0.39, 0.29) is 0 Å². The number of nitrogen functional groups attached to an aromatic ring is 1. The zero-order chi connectivity index (χ0) is 9.97. The van der Waals surface area contributed by atoms with Gasteiger partial charge >= 0.3 is 0 Å². The molecule has 0 aliphatic carbocycles. The van der Waals surface area contributed by atoms with Crippen LogP contribution >= 0.6 is 11.6 Å². The number of halogens is 1. The van der Waals surface area contributed by atoms with Gasteiger partial charge in [-0.1, -0.05) is 35.0 Å². The lowest BCUT2D eigenvalue weighted by atomic mass is 10.1. The van der Waals surface area contributed by atoms with Gasteiger partial charge in [0.25, 0.3) is 0 Å². The summed E-state index contributed by atoms with van der Waals surface area (Å²) in [6.07, 6.45) is 2.19. The second kappa shape index (κ2) is 3.72. The minimum absolute atomic E-state index is 0.421. The van der Waals surface area contributed by atoms with Gasteiger partial charge in [0, 0.05) is 17.0 Å². The van der Waals surface area contributed by atoms with Crippen LogP contribution < -0.4 is 5.73 Å². The highest BCUT2D eigenvalue weighted by molar-refractivity contribution is 6.31. The minimum atomic E-state index is 0.421. The van der Waals surface area contributed by atoms with Crippen molar-refractivity contribution in [3.05, 3.63) is 46.7 Å². The van der Waals surface area contributed by atoms with E-state index in [1.54, 1.807) is 6.26 Å². The van der Waals surface area contributed by atoms with Crippen molar-refractivity contribution in [1.82, 2.24) is 5.16 Å². The molecule has 0 saturated heterocycles. The van der Waals surface area contributed by atoms with Crippen LogP contribution in [0.25, 0.3) is 0 Å². The molecule has 0 fully saturated rings. The van der Waals surface area contributed by atoms with Crippen LogP contribution in [0.15, 0.2) is 35.1 Å². The third-order valence-electron chi connectivity index (χ3n) is 2.01. The minimum Gasteiger partial charge on any atom is -0.381 e. The molecule has 14 heavy (non-hydrogen) atoms. The van der Waals surface area contributed by atoms with E-state index in [1.165, 1.54) is 0 Å². The molecule has 2 rings (SSSR count). The van der Waals surface area contributed by atoms with Crippen LogP contribution in [0.1, 0.15) is 11.1 Å². The standard InChI is InChI=1S/C10H9ClN2O/c11-9-4-2-1-3-7(9)5-8-6-14-13-10(8)12/h1-4,6H,5H2,(H2,12,13). The molecule has 3 nitrogen and oxygen atoms in total. The van der Waals surface area contributed by atoms with E-state index >= 15 is 0 Å². The maximum atomic E-state index is 6.00. The summed E-state index contributed by atoms with van der Waals surface area (Å²) in [4.78, 5) is 0. The molecule has 0 spiro atoms. The van der Waals surface area contributed by atoms with E-state index in [0.29, 0.717) is 12.2 Å². The van der Waals surface area contributed by atoms with Gasteiger partial charge in [-0.3, -0.25) is 0 Å². The molecular formula is C10H9ClN2O. The molecule has 2 N–H and O–H groups in total. The first-order valence-electron chi connectivity index (χ1n) is 4.19. The lowest BCUT2D eigenvalue weighted by Crippen LogP contribution is -1.93. The monoisotopic (exact) mass is 208 g/mol. The topological polar surface area (TPSA) is 52.0 Å². The highest BCUT2D eigenvalue weighted by Crippen LogP contribution is 2.21. The Bertz CT molecular complexity index is 439. The van der Waals surface area contributed by atoms with Gasteiger partial charge in [0.2, 0.25) is 0 Å². The highest BCUT2D eigenvalue weighted by Gasteiger charge is 2.06. The lowest BCUT2D eigenvalue weighted by molar-refractivity contribution is 0.422. The van der Waals surface area contributed by atoms with Crippen molar-refractivity contribution >= 4 is 17.4 Å². The quantitative estimate of drug-likeness (QED) is 0.825. The van der Waals surface area contributed by atoms with Crippen molar-refractivity contribution in [2.75, 3.05) is 5.73 Å². The number of nitrogens with two attached hydrogens (primary N) is 1. The van der Waals surface area contributed by atoms with Crippen LogP contribution in [-0.4, -0.2) is 5.16 Å². The van der Waals surface area contributed by atoms with Crippen molar-refractivity contribution in [2.45, 2.75) is 6.42 Å². The largest absolute Gasteiger partial charge is 0.381 e. The number of benzene rings is 1. The van der Waals surface area contributed by atoms with Crippen molar-refractivity contribution in [3.8, 4) is 0 Å². The molecule has 1 heterocycles. The predicted molar refractivity (Wildman–Crippen MR) is 55.2 cm³/mol. The molecule has 0 atom stereocenters. The van der Waals surface area contributed by atoms with Gasteiger partial charge in [-0.2, -0.15) is 0 Å². The number of hydrogen-bond acceptors (Lipinski definition) is 3. The van der Waals surface area contributed by atoms with Crippen molar-refractivity contribution in [3.63, 3.8) is 0 Å². The Kier molecular flexibility index (Phi) is 2.41. The van der Waals surface area contributed by atoms with Gasteiger partial charge in [-0.15, -0.1) is 0 Å². The predicted octanol–water partition coefficient (Wildman–Crippen LogP) is 2.50. The third kappa shape index (κ3) is 1.72. The average Bonchev–Trinajstić information content (AvgIpc) is 2.56. The molecule has 1 aromatic carbocycles. The summed E-state index contributed by atoms with van der Waals surface area (Å²) in [5.74, 6) is 0.421. The molecule has 72 valence electrons. The zero-order valence-electron chi connectivity index (χ0n) is 7.40. The molecule has 4 heteroatoms. The lowest BCUT2D eigenvalue weighted by Gasteiger charge is -2.01. The Morgan fingerprint density at radius 2 is 2.07 bits per heavy atom. The number of aromatic nitrogens is 1. The molecule has 0 aliphatic rings. The summed E-state index contributed by atoms with van der Waals surface area (Å²) in [6.45, 7) is 0. The van der Waals surface area contributed by atoms with Gasteiger partial charge in [0.1, 0.15) is 6.26 Å². The van der Waals surface area contributed by atoms with Gasteiger partial charge < -0.3 is 10.3 Å². The third-order valence-corrected chi connectivity index (χ3v) is 2.38. The van der Waals surface area contributed by atoms with E-state index in [1.807, 2.05) is 24.3 Å². The van der Waals surface area contributed by atoms with Gasteiger partial charge in [0.05, 0.1) is 0 Å². The van der Waals surface area contributed by atoms with Crippen molar-refractivity contribution in [2.24, 2.45) is 0 Å². The molecule has 0 aliphatic heterocycles. The molecule has 0 amide bonds. The Labute approximate surface area is 86.5 Å². The molecule has 0 radical (unpaired) electrons. The van der Waals surface area contributed by atoms with Crippen molar-refractivity contribution in [1.29, 1.82) is 0 Å². The Morgan fingerprint density at radius 1 is 1.29 bits per heavy atom. The Morgan fingerprint density at radius 3 is 2.71 bits per heavy atom. The molecular weight excluding hydrogens is 200 g/mol. The van der Waals surface area contributed by atoms with E-state index in [9.17, 15) is 0 Å². The molecule has 0 saturated carbocycles. The second-order valence-electron chi connectivity index (χ2n) is 2.99. The van der Waals surface area contributed by atoms with E-state index in [0.717, 1.165) is 16.1 Å². The van der Waals surface area contributed by atoms with Crippen LogP contribution in [0.3, 0.4) is 0 Å². The Hall–Kier alpha value is -1.48. The Balaban J connectivity index is 2.28. The molecule has 0 unspecified atom stereocenters. The fourth-order valence-corrected chi connectivity index (χ4v) is 1.45. The summed E-state index contributed by atoms with van der Waals surface area (Å²) in [7, 11) is 0. The summed E-state index contributed by atoms with van der Waals surface area (Å²) in [5, 5.41) is 4.33. The van der Waals surface area contributed by atoms with E-state index < -0.39 is 0 Å². The average molecular weight is 209 g/mol. The summed E-state index contributed by atoms with van der Waals surface area (Å²) in [6, 6.07) is 7.63.